The van der Waals surface area contributed by atoms with Gasteiger partial charge in [-0.2, -0.15) is 0 Å². The van der Waals surface area contributed by atoms with Crippen LogP contribution in [0.3, 0.4) is 0 Å². The van der Waals surface area contributed by atoms with Gasteiger partial charge in [0.1, 0.15) is 11.5 Å². The molecule has 42 heavy (non-hydrogen) atoms. The van der Waals surface area contributed by atoms with Gasteiger partial charge in [0, 0.05) is 33.0 Å². The van der Waals surface area contributed by atoms with E-state index in [9.17, 15) is 14.7 Å². The van der Waals surface area contributed by atoms with Crippen molar-refractivity contribution in [1.29, 1.82) is 0 Å². The Balaban J connectivity index is 1.11. The van der Waals surface area contributed by atoms with Gasteiger partial charge < -0.3 is 24.4 Å². The van der Waals surface area contributed by atoms with Gasteiger partial charge in [-0.25, -0.2) is 9.59 Å². The third-order valence-corrected chi connectivity index (χ3v) is 7.71. The van der Waals surface area contributed by atoms with Crippen molar-refractivity contribution in [3.8, 4) is 22.6 Å². The van der Waals surface area contributed by atoms with Crippen LogP contribution >= 0.6 is 0 Å². The second kappa shape index (κ2) is 12.8. The lowest BCUT2D eigenvalue weighted by Gasteiger charge is -2.26. The smallest absolute Gasteiger partial charge is 0.348 e. The van der Waals surface area contributed by atoms with Gasteiger partial charge in [0.25, 0.3) is 0 Å². The molecular weight excluding hydrogens is 528 g/mol. The van der Waals surface area contributed by atoms with Crippen molar-refractivity contribution in [2.45, 2.75) is 38.0 Å². The first-order valence-corrected chi connectivity index (χ1v) is 14.2. The van der Waals surface area contributed by atoms with Gasteiger partial charge in [-0.1, -0.05) is 84.9 Å². The minimum atomic E-state index is -1.40. The van der Waals surface area contributed by atoms with E-state index in [0.717, 1.165) is 16.7 Å². The number of rotatable bonds is 12. The van der Waals surface area contributed by atoms with Crippen molar-refractivity contribution in [3.05, 3.63) is 120 Å². The largest absolute Gasteiger partial charge is 0.494 e. The summed E-state index contributed by atoms with van der Waals surface area (Å²) in [7, 11) is 1.84. The molecule has 1 aliphatic rings. The highest BCUT2D eigenvalue weighted by molar-refractivity contribution is 5.78. The summed E-state index contributed by atoms with van der Waals surface area (Å²) in [5.41, 5.74) is 2.85. The second-order valence-electron chi connectivity index (χ2n) is 10.9. The van der Waals surface area contributed by atoms with Crippen LogP contribution in [0.2, 0.25) is 0 Å². The summed E-state index contributed by atoms with van der Waals surface area (Å²) in [5, 5.41) is 9.84. The zero-order valence-corrected chi connectivity index (χ0v) is 24.0. The van der Waals surface area contributed by atoms with Crippen LogP contribution in [-0.2, 0) is 17.8 Å². The van der Waals surface area contributed by atoms with Crippen LogP contribution in [-0.4, -0.2) is 58.7 Å². The van der Waals surface area contributed by atoms with Crippen LogP contribution in [0.5, 0.6) is 11.5 Å². The average molecular weight is 565 g/mol. The molecule has 0 aliphatic carbocycles. The molecule has 7 nitrogen and oxygen atoms in total. The molecule has 0 radical (unpaired) electrons. The first-order chi connectivity index (χ1) is 20.3. The third-order valence-electron chi connectivity index (χ3n) is 7.71. The fourth-order valence-electron chi connectivity index (χ4n) is 5.21. The zero-order valence-electron chi connectivity index (χ0n) is 24.0. The number of ether oxygens (including phenoxy) is 2. The Morgan fingerprint density at radius 3 is 2.07 bits per heavy atom. The van der Waals surface area contributed by atoms with Gasteiger partial charge in [0.2, 0.25) is 5.60 Å². The van der Waals surface area contributed by atoms with Crippen molar-refractivity contribution in [3.63, 3.8) is 0 Å². The van der Waals surface area contributed by atoms with E-state index in [-0.39, 0.29) is 18.5 Å². The lowest BCUT2D eigenvalue weighted by molar-refractivity contribution is -0.153. The van der Waals surface area contributed by atoms with E-state index >= 15 is 0 Å². The average Bonchev–Trinajstić information content (AvgIpc) is 3.27. The van der Waals surface area contributed by atoms with E-state index in [2.05, 4.69) is 36.4 Å². The van der Waals surface area contributed by atoms with Crippen LogP contribution in [0.25, 0.3) is 11.1 Å². The molecule has 1 fully saturated rings. The maximum absolute atomic E-state index is 12.9. The molecule has 2 atom stereocenters. The number of amides is 2. The van der Waals surface area contributed by atoms with Crippen molar-refractivity contribution in [1.82, 2.24) is 9.80 Å². The summed E-state index contributed by atoms with van der Waals surface area (Å²) in [6, 6.07) is 35.1. The minimum Gasteiger partial charge on any atom is -0.494 e. The Labute approximate surface area is 246 Å². The summed E-state index contributed by atoms with van der Waals surface area (Å²) in [4.78, 5) is 28.6. The number of aliphatic carboxylic acids is 1. The second-order valence-corrected chi connectivity index (χ2v) is 10.9. The molecule has 0 bridgehead atoms. The monoisotopic (exact) mass is 564 g/mol. The quantitative estimate of drug-likeness (QED) is 0.212. The summed E-state index contributed by atoms with van der Waals surface area (Å²) >= 11 is 0. The minimum absolute atomic E-state index is 0.0238. The topological polar surface area (TPSA) is 79.3 Å². The molecule has 0 saturated carbocycles. The Morgan fingerprint density at radius 2 is 1.43 bits per heavy atom. The Bertz CT molecular complexity index is 1480. The van der Waals surface area contributed by atoms with Crippen molar-refractivity contribution < 1.29 is 24.2 Å². The van der Waals surface area contributed by atoms with Crippen LogP contribution in [0.1, 0.15) is 24.5 Å². The van der Waals surface area contributed by atoms with Gasteiger partial charge in [0.05, 0.1) is 12.6 Å². The number of carboxylic acids is 1. The van der Waals surface area contributed by atoms with E-state index in [4.69, 9.17) is 9.47 Å². The zero-order chi connectivity index (χ0) is 29.5. The molecule has 2 unspecified atom stereocenters. The molecule has 5 rings (SSSR count). The van der Waals surface area contributed by atoms with Crippen LogP contribution in [0.15, 0.2) is 109 Å². The molecular formula is C35H36N2O5. The number of nitrogens with zero attached hydrogens (tertiary/aromatic N) is 2. The molecule has 216 valence electrons. The van der Waals surface area contributed by atoms with Gasteiger partial charge in [-0.05, 0) is 53.4 Å². The third kappa shape index (κ3) is 6.92. The number of para-hydroxylation sites is 1. The normalized spacial score (nSPS) is 16.2. The Hall–Kier alpha value is -4.78. The van der Waals surface area contributed by atoms with E-state index in [1.807, 2.05) is 72.6 Å². The van der Waals surface area contributed by atoms with Crippen LogP contribution < -0.4 is 9.47 Å². The van der Waals surface area contributed by atoms with Gasteiger partial charge in [-0.3, -0.25) is 0 Å². The van der Waals surface area contributed by atoms with Crippen LogP contribution in [0, 0.1) is 0 Å². The lowest BCUT2D eigenvalue weighted by Crippen LogP contribution is -2.43. The van der Waals surface area contributed by atoms with Gasteiger partial charge in [-0.15, -0.1) is 0 Å². The molecule has 1 N–H and O–H groups in total. The van der Waals surface area contributed by atoms with Gasteiger partial charge >= 0.3 is 12.0 Å². The number of benzene rings is 4. The maximum atomic E-state index is 12.9. The molecule has 0 aromatic heterocycles. The lowest BCUT2D eigenvalue weighted by atomic mass is 9.96. The number of carbonyl (C=O) groups excluding carboxylic acids is 1. The van der Waals surface area contributed by atoms with Gasteiger partial charge in [0.15, 0.2) is 0 Å². The summed E-state index contributed by atoms with van der Waals surface area (Å²) < 4.78 is 11.8. The van der Waals surface area contributed by atoms with E-state index in [1.54, 1.807) is 24.0 Å². The predicted octanol–water partition coefficient (Wildman–Crippen LogP) is 6.52. The molecule has 0 spiro atoms. The van der Waals surface area contributed by atoms with Crippen molar-refractivity contribution in [2.24, 2.45) is 0 Å². The molecule has 4 aromatic rings. The maximum Gasteiger partial charge on any atom is 0.348 e. The number of likely N-dealkylation sites (N-methyl/N-ethyl adjacent to an activating group) is 1. The number of urea groups is 1. The van der Waals surface area contributed by atoms with Crippen molar-refractivity contribution in [2.75, 3.05) is 20.2 Å². The first kappa shape index (κ1) is 28.7. The van der Waals surface area contributed by atoms with E-state index < -0.39 is 11.6 Å². The number of carboxylic acid groups (broad SMARTS) is 1. The van der Waals surface area contributed by atoms with Crippen LogP contribution in [0.4, 0.5) is 4.79 Å². The van der Waals surface area contributed by atoms with Crippen molar-refractivity contribution >= 4 is 12.0 Å². The molecule has 4 aromatic carbocycles. The summed E-state index contributed by atoms with van der Waals surface area (Å²) in [6.07, 6.45) is 0.909. The standard InChI is InChI=1S/C35H36N2O5/c1-35(33(38)39,42-32-11-7-4-8-12-32)23-26-15-19-31(20-16-26)41-22-21-30-25-37(34(40)36(30)2)24-27-13-17-29(18-14-27)28-9-5-3-6-10-28/h3-20,30H,21-25H2,1-2H3,(H,38,39). The number of carbonyl (C=O) groups is 2. The molecule has 7 heteroatoms. The Morgan fingerprint density at radius 1 is 0.833 bits per heavy atom. The first-order valence-electron chi connectivity index (χ1n) is 14.2. The highest BCUT2D eigenvalue weighted by Crippen LogP contribution is 2.25. The summed E-state index contributed by atoms with van der Waals surface area (Å²) in [5.74, 6) is 0.180. The molecule has 2 amide bonds. The molecule has 1 heterocycles. The SMILES string of the molecule is CN1C(=O)N(Cc2ccc(-c3ccccc3)cc2)CC1CCOc1ccc(CC(C)(Oc2ccccc2)C(=O)O)cc1. The van der Waals surface area contributed by atoms with E-state index in [0.29, 0.717) is 37.6 Å². The molecule has 1 saturated heterocycles. The number of hydrogen-bond acceptors (Lipinski definition) is 4. The highest BCUT2D eigenvalue weighted by Gasteiger charge is 2.36. The predicted molar refractivity (Wildman–Crippen MR) is 163 cm³/mol. The fourth-order valence-corrected chi connectivity index (χ4v) is 5.21. The summed E-state index contributed by atoms with van der Waals surface area (Å²) in [6.45, 7) is 3.26. The van der Waals surface area contributed by atoms with E-state index in [1.165, 1.54) is 5.56 Å². The Kier molecular flexibility index (Phi) is 8.77. The fraction of sp³-hybridized carbons (Fsp3) is 0.257. The highest BCUT2D eigenvalue weighted by atomic mass is 16.5. The number of hydrogen-bond donors (Lipinski definition) is 1. The molecule has 1 aliphatic heterocycles.